The van der Waals surface area contributed by atoms with Gasteiger partial charge in [-0.2, -0.15) is 13.2 Å². The minimum atomic E-state index is -4.92. The van der Waals surface area contributed by atoms with Gasteiger partial charge in [0.15, 0.2) is 5.54 Å². The number of amides is 1. The Labute approximate surface area is 137 Å². The summed E-state index contributed by atoms with van der Waals surface area (Å²) in [7, 11) is 1.27. The fraction of sp³-hybridized carbons (Fsp3) is 0.500. The molecule has 11 heteroatoms. The Balaban J connectivity index is 2.04. The average molecular weight is 367 g/mol. The second kappa shape index (κ2) is 6.48. The van der Waals surface area contributed by atoms with E-state index in [2.05, 4.69) is 9.98 Å². The van der Waals surface area contributed by atoms with Gasteiger partial charge in [-0.15, -0.1) is 23.1 Å². The van der Waals surface area contributed by atoms with Crippen molar-refractivity contribution in [2.24, 2.45) is 4.99 Å². The number of aromatic nitrogens is 1. The second-order valence-corrected chi connectivity index (χ2v) is 6.68. The highest BCUT2D eigenvalue weighted by atomic mass is 32.2. The van der Waals surface area contributed by atoms with Gasteiger partial charge in [0.2, 0.25) is 0 Å². The summed E-state index contributed by atoms with van der Waals surface area (Å²) in [6.45, 7) is 1.31. The van der Waals surface area contributed by atoms with Crippen LogP contribution in [-0.4, -0.2) is 46.5 Å². The van der Waals surface area contributed by atoms with E-state index in [0.717, 1.165) is 11.3 Å². The molecule has 0 bridgehead atoms. The maximum absolute atomic E-state index is 12.1. The molecule has 1 amide bonds. The Kier molecular flexibility index (Phi) is 4.99. The van der Waals surface area contributed by atoms with Crippen LogP contribution in [0.4, 0.5) is 13.2 Å². The number of alkyl halides is 3. The number of nitrogens with zero attached hydrogens (tertiary/aromatic N) is 2. The number of hydrogen-bond acceptors (Lipinski definition) is 7. The minimum Gasteiger partial charge on any atom is -0.467 e. The highest BCUT2D eigenvalue weighted by Gasteiger charge is 2.40. The summed E-state index contributed by atoms with van der Waals surface area (Å²) >= 11 is 2.41. The van der Waals surface area contributed by atoms with E-state index in [0.29, 0.717) is 21.5 Å². The third-order valence-electron chi connectivity index (χ3n) is 2.89. The number of carbonyl (C=O) groups excluding carboxylic acids is 2. The van der Waals surface area contributed by atoms with Crippen LogP contribution in [0.1, 0.15) is 17.6 Å². The summed E-state index contributed by atoms with van der Waals surface area (Å²) in [5.74, 6) is -2.08. The lowest BCUT2D eigenvalue weighted by Gasteiger charge is -2.15. The molecular formula is C12H12F3N3O3S2. The van der Waals surface area contributed by atoms with Crippen molar-refractivity contribution in [3.63, 3.8) is 0 Å². The molecule has 0 saturated carbocycles. The van der Waals surface area contributed by atoms with Gasteiger partial charge >= 0.3 is 18.1 Å². The lowest BCUT2D eigenvalue weighted by Crippen LogP contribution is -2.36. The summed E-state index contributed by atoms with van der Waals surface area (Å²) in [6.07, 6.45) is -4.92. The first-order chi connectivity index (χ1) is 10.7. The van der Waals surface area contributed by atoms with Crippen LogP contribution in [-0.2, 0) is 20.9 Å². The number of nitrogens with one attached hydrogen (secondary N) is 1. The first-order valence-electron chi connectivity index (χ1n) is 6.26. The molecule has 1 atom stereocenters. The Morgan fingerprint density at radius 3 is 2.78 bits per heavy atom. The maximum Gasteiger partial charge on any atom is 0.471 e. The van der Waals surface area contributed by atoms with Crippen LogP contribution in [0.5, 0.6) is 0 Å². The second-order valence-electron chi connectivity index (χ2n) is 4.78. The van der Waals surface area contributed by atoms with Crippen LogP contribution in [0, 0.1) is 0 Å². The average Bonchev–Trinajstić information content (AvgIpc) is 3.10. The van der Waals surface area contributed by atoms with E-state index < -0.39 is 23.6 Å². The molecule has 23 heavy (non-hydrogen) atoms. The molecule has 1 aromatic rings. The van der Waals surface area contributed by atoms with E-state index in [-0.39, 0.29) is 6.54 Å². The molecule has 1 N–H and O–H groups in total. The lowest BCUT2D eigenvalue weighted by atomic mass is 10.1. The van der Waals surface area contributed by atoms with Gasteiger partial charge in [-0.05, 0) is 6.92 Å². The molecule has 6 nitrogen and oxygen atoms in total. The zero-order chi connectivity index (χ0) is 17.3. The van der Waals surface area contributed by atoms with E-state index >= 15 is 0 Å². The lowest BCUT2D eigenvalue weighted by molar-refractivity contribution is -0.173. The molecule has 1 unspecified atom stereocenters. The van der Waals surface area contributed by atoms with Crippen LogP contribution < -0.4 is 5.32 Å². The minimum absolute atomic E-state index is 0.313. The van der Waals surface area contributed by atoms with Crippen LogP contribution >= 0.6 is 23.1 Å². The van der Waals surface area contributed by atoms with Crippen LogP contribution in [0.2, 0.25) is 0 Å². The molecule has 126 valence electrons. The Hall–Kier alpha value is -1.62. The van der Waals surface area contributed by atoms with E-state index in [1.54, 1.807) is 17.6 Å². The fourth-order valence-corrected chi connectivity index (χ4v) is 3.61. The van der Waals surface area contributed by atoms with Gasteiger partial charge in [-0.25, -0.2) is 9.78 Å². The van der Waals surface area contributed by atoms with Gasteiger partial charge in [-0.1, -0.05) is 0 Å². The van der Waals surface area contributed by atoms with Crippen molar-refractivity contribution >= 4 is 40.0 Å². The van der Waals surface area contributed by atoms with E-state index in [1.165, 1.54) is 18.9 Å². The van der Waals surface area contributed by atoms with Crippen molar-refractivity contribution < 1.29 is 27.5 Å². The van der Waals surface area contributed by atoms with Gasteiger partial charge < -0.3 is 10.1 Å². The molecular weight excluding hydrogens is 355 g/mol. The Bertz CT molecular complexity index is 659. The number of methoxy groups -OCH3 is 1. The van der Waals surface area contributed by atoms with Crippen LogP contribution in [0.25, 0.3) is 0 Å². The molecule has 1 aliphatic rings. The summed E-state index contributed by atoms with van der Waals surface area (Å²) in [4.78, 5) is 30.9. The van der Waals surface area contributed by atoms with Gasteiger partial charge in [0.25, 0.3) is 0 Å². The molecule has 1 aliphatic heterocycles. The van der Waals surface area contributed by atoms with Gasteiger partial charge in [0.05, 0.1) is 13.7 Å². The topological polar surface area (TPSA) is 80.6 Å². The number of halogens is 3. The Morgan fingerprint density at radius 1 is 1.48 bits per heavy atom. The first-order valence-corrected chi connectivity index (χ1v) is 8.13. The van der Waals surface area contributed by atoms with Gasteiger partial charge in [0, 0.05) is 11.1 Å². The molecule has 0 fully saturated rings. The van der Waals surface area contributed by atoms with E-state index in [4.69, 9.17) is 4.74 Å². The van der Waals surface area contributed by atoms with E-state index in [1.807, 2.05) is 0 Å². The summed E-state index contributed by atoms with van der Waals surface area (Å²) < 4.78 is 41.0. The van der Waals surface area contributed by atoms with Crippen LogP contribution in [0.3, 0.4) is 0 Å². The Morgan fingerprint density at radius 2 is 2.17 bits per heavy atom. The smallest absolute Gasteiger partial charge is 0.467 e. The molecule has 0 aliphatic carbocycles. The summed E-state index contributed by atoms with van der Waals surface area (Å²) in [5.41, 5.74) is -0.535. The SMILES string of the molecule is COC(=O)C1(C)CSC(c2csc(CNC(=O)C(F)(F)F)n2)=N1. The molecule has 0 saturated heterocycles. The monoisotopic (exact) mass is 367 g/mol. The number of hydrogen-bond donors (Lipinski definition) is 1. The van der Waals surface area contributed by atoms with Gasteiger partial charge in [-0.3, -0.25) is 9.79 Å². The van der Waals surface area contributed by atoms with Gasteiger partial charge in [0.1, 0.15) is 15.7 Å². The van der Waals surface area contributed by atoms with Crippen molar-refractivity contribution in [2.45, 2.75) is 25.2 Å². The van der Waals surface area contributed by atoms with Crippen molar-refractivity contribution in [1.82, 2.24) is 10.3 Å². The zero-order valence-electron chi connectivity index (χ0n) is 12.1. The molecule has 0 radical (unpaired) electrons. The van der Waals surface area contributed by atoms with Crippen molar-refractivity contribution in [3.05, 3.63) is 16.1 Å². The fourth-order valence-electron chi connectivity index (χ4n) is 1.70. The quantitative estimate of drug-likeness (QED) is 0.820. The number of carbonyl (C=O) groups is 2. The maximum atomic E-state index is 12.1. The normalized spacial score (nSPS) is 21.0. The number of aliphatic imine (C=N–C) groups is 1. The zero-order valence-corrected chi connectivity index (χ0v) is 13.7. The molecule has 1 aromatic heterocycles. The number of thioether (sulfide) groups is 1. The molecule has 0 aromatic carbocycles. The number of esters is 1. The largest absolute Gasteiger partial charge is 0.471 e. The standard InChI is InChI=1S/C12H12F3N3O3S2/c1-11(10(20)21-2)5-23-8(18-11)6-4-22-7(17-6)3-16-9(19)12(13,14)15/h4H,3,5H2,1-2H3,(H,16,19). The van der Waals surface area contributed by atoms with E-state index in [9.17, 15) is 22.8 Å². The molecule has 2 heterocycles. The summed E-state index contributed by atoms with van der Waals surface area (Å²) in [5, 5.41) is 4.19. The van der Waals surface area contributed by atoms with Crippen molar-refractivity contribution in [2.75, 3.05) is 12.9 Å². The van der Waals surface area contributed by atoms with Crippen LogP contribution in [0.15, 0.2) is 10.4 Å². The number of rotatable bonds is 4. The van der Waals surface area contributed by atoms with Crippen molar-refractivity contribution in [3.8, 4) is 0 Å². The molecule has 0 spiro atoms. The molecule has 2 rings (SSSR count). The number of thiazole rings is 1. The third-order valence-corrected chi connectivity index (χ3v) is 5.02. The van der Waals surface area contributed by atoms with Crippen molar-refractivity contribution in [1.29, 1.82) is 0 Å². The predicted molar refractivity (Wildman–Crippen MR) is 79.4 cm³/mol. The number of ether oxygens (including phenoxy) is 1. The first kappa shape index (κ1) is 17.7. The summed E-state index contributed by atoms with van der Waals surface area (Å²) in [6, 6.07) is 0. The third kappa shape index (κ3) is 4.02. The highest BCUT2D eigenvalue weighted by Crippen LogP contribution is 2.32. The predicted octanol–water partition coefficient (Wildman–Crippen LogP) is 1.75. The highest BCUT2D eigenvalue weighted by molar-refractivity contribution is 8.14.